The van der Waals surface area contributed by atoms with Gasteiger partial charge in [-0.3, -0.25) is 4.79 Å². The molecule has 0 bridgehead atoms. The smallest absolute Gasteiger partial charge is 0.307 e. The first kappa shape index (κ1) is 13.6. The van der Waals surface area contributed by atoms with E-state index in [9.17, 15) is 9.18 Å². The first-order valence-electron chi connectivity index (χ1n) is 5.67. The van der Waals surface area contributed by atoms with Gasteiger partial charge in [0.15, 0.2) is 0 Å². The molecule has 1 aromatic carbocycles. The van der Waals surface area contributed by atoms with E-state index < -0.39 is 0 Å². The Bertz CT molecular complexity index is 368. The number of esters is 1. The van der Waals surface area contributed by atoms with E-state index in [0.717, 1.165) is 0 Å². The Hall–Kier alpha value is -1.42. The van der Waals surface area contributed by atoms with Crippen molar-refractivity contribution in [2.75, 3.05) is 13.7 Å². The summed E-state index contributed by atoms with van der Waals surface area (Å²) in [5.41, 5.74) is 0.685. The van der Waals surface area contributed by atoms with Crippen molar-refractivity contribution in [2.24, 2.45) is 0 Å². The fraction of sp³-hybridized carbons (Fsp3) is 0.462. The molecule has 0 fully saturated rings. The number of rotatable bonds is 6. The van der Waals surface area contributed by atoms with Gasteiger partial charge < -0.3 is 10.1 Å². The van der Waals surface area contributed by atoms with Gasteiger partial charge in [-0.05, 0) is 31.5 Å². The van der Waals surface area contributed by atoms with Gasteiger partial charge in [0, 0.05) is 6.04 Å². The van der Waals surface area contributed by atoms with Crippen molar-refractivity contribution in [2.45, 2.75) is 25.8 Å². The Kier molecular flexibility index (Phi) is 5.63. The molecule has 0 saturated heterocycles. The number of benzene rings is 1. The first-order valence-corrected chi connectivity index (χ1v) is 5.67. The van der Waals surface area contributed by atoms with Gasteiger partial charge in [0.1, 0.15) is 5.82 Å². The van der Waals surface area contributed by atoms with E-state index in [1.807, 2.05) is 13.0 Å². The van der Waals surface area contributed by atoms with Crippen molar-refractivity contribution in [3.05, 3.63) is 35.6 Å². The lowest BCUT2D eigenvalue weighted by Gasteiger charge is -2.12. The molecule has 1 atom stereocenters. The number of hydrogen-bond donors (Lipinski definition) is 1. The van der Waals surface area contributed by atoms with Gasteiger partial charge in [-0.25, -0.2) is 4.39 Å². The maximum atomic E-state index is 13.3. The molecule has 0 aliphatic carbocycles. The molecule has 0 aromatic heterocycles. The Balaban J connectivity index is 2.28. The molecule has 0 aliphatic heterocycles. The summed E-state index contributed by atoms with van der Waals surface area (Å²) >= 11 is 0. The van der Waals surface area contributed by atoms with Crippen LogP contribution in [0.4, 0.5) is 4.39 Å². The number of nitrogens with one attached hydrogen (secondary N) is 1. The summed E-state index contributed by atoms with van der Waals surface area (Å²) in [7, 11) is 1.37. The van der Waals surface area contributed by atoms with Crippen LogP contribution >= 0.6 is 0 Å². The Labute approximate surface area is 101 Å². The van der Waals surface area contributed by atoms with Crippen molar-refractivity contribution in [3.8, 4) is 0 Å². The molecular formula is C13H18FNO2. The number of hydrogen-bond acceptors (Lipinski definition) is 3. The van der Waals surface area contributed by atoms with E-state index in [1.54, 1.807) is 12.1 Å². The second kappa shape index (κ2) is 7.01. The molecule has 94 valence electrons. The fourth-order valence-electron chi connectivity index (χ4n) is 1.56. The number of carbonyl (C=O) groups is 1. The van der Waals surface area contributed by atoms with Crippen LogP contribution in [0.15, 0.2) is 24.3 Å². The average Bonchev–Trinajstić information content (AvgIpc) is 2.31. The molecular weight excluding hydrogens is 221 g/mol. The molecule has 17 heavy (non-hydrogen) atoms. The van der Waals surface area contributed by atoms with Gasteiger partial charge in [-0.2, -0.15) is 0 Å². The molecule has 4 heteroatoms. The summed E-state index contributed by atoms with van der Waals surface area (Å²) in [6.45, 7) is 2.54. The van der Waals surface area contributed by atoms with Crippen LogP contribution < -0.4 is 5.32 Å². The lowest BCUT2D eigenvalue weighted by molar-refractivity contribution is -0.141. The molecule has 0 spiro atoms. The number of halogens is 1. The summed E-state index contributed by atoms with van der Waals surface area (Å²) in [5.74, 6) is -0.425. The number of ether oxygens (including phenoxy) is 1. The molecule has 3 nitrogen and oxygen atoms in total. The molecule has 1 N–H and O–H groups in total. The lowest BCUT2D eigenvalue weighted by Crippen LogP contribution is -2.30. The molecule has 1 rings (SSSR count). The minimum Gasteiger partial charge on any atom is -0.469 e. The van der Waals surface area contributed by atoms with Crippen LogP contribution in [-0.2, 0) is 16.0 Å². The minimum absolute atomic E-state index is 0.0363. The molecule has 0 aliphatic rings. The highest BCUT2D eigenvalue weighted by molar-refractivity contribution is 5.69. The van der Waals surface area contributed by atoms with Crippen molar-refractivity contribution < 1.29 is 13.9 Å². The SMILES string of the molecule is COC(=O)CC(C)NCCc1ccccc1F. The van der Waals surface area contributed by atoms with Crippen molar-refractivity contribution in [1.82, 2.24) is 5.32 Å². The van der Waals surface area contributed by atoms with Crippen LogP contribution in [0.1, 0.15) is 18.9 Å². The zero-order valence-electron chi connectivity index (χ0n) is 10.2. The molecule has 0 saturated carbocycles. The number of carbonyl (C=O) groups excluding carboxylic acids is 1. The first-order chi connectivity index (χ1) is 8.13. The van der Waals surface area contributed by atoms with E-state index in [-0.39, 0.29) is 17.8 Å². The summed E-state index contributed by atoms with van der Waals surface area (Å²) in [5, 5.41) is 3.16. The van der Waals surface area contributed by atoms with Crippen LogP contribution in [0, 0.1) is 5.82 Å². The maximum Gasteiger partial charge on any atom is 0.307 e. The Morgan fingerprint density at radius 2 is 2.18 bits per heavy atom. The highest BCUT2D eigenvalue weighted by atomic mass is 19.1. The summed E-state index contributed by atoms with van der Waals surface area (Å²) < 4.78 is 17.8. The molecule has 1 aromatic rings. The summed E-state index contributed by atoms with van der Waals surface area (Å²) in [4.78, 5) is 11.0. The quantitative estimate of drug-likeness (QED) is 0.771. The van der Waals surface area contributed by atoms with E-state index in [1.165, 1.54) is 13.2 Å². The van der Waals surface area contributed by atoms with Gasteiger partial charge in [0.2, 0.25) is 0 Å². The third-order valence-corrected chi connectivity index (χ3v) is 2.55. The molecule has 0 amide bonds. The van der Waals surface area contributed by atoms with Crippen LogP contribution in [0.5, 0.6) is 0 Å². The van der Waals surface area contributed by atoms with Crippen molar-refractivity contribution in [1.29, 1.82) is 0 Å². The van der Waals surface area contributed by atoms with Crippen LogP contribution in [0.25, 0.3) is 0 Å². The highest BCUT2D eigenvalue weighted by Gasteiger charge is 2.08. The average molecular weight is 239 g/mol. The Morgan fingerprint density at radius 3 is 2.82 bits per heavy atom. The van der Waals surface area contributed by atoms with E-state index in [4.69, 9.17) is 0 Å². The predicted octanol–water partition coefficient (Wildman–Crippen LogP) is 1.91. The lowest BCUT2D eigenvalue weighted by atomic mass is 10.1. The second-order valence-corrected chi connectivity index (χ2v) is 3.98. The minimum atomic E-state index is -0.240. The van der Waals surface area contributed by atoms with Gasteiger partial charge in [-0.15, -0.1) is 0 Å². The maximum absolute atomic E-state index is 13.3. The van der Waals surface area contributed by atoms with E-state index >= 15 is 0 Å². The standard InChI is InChI=1S/C13H18FNO2/c1-10(9-13(16)17-2)15-8-7-11-5-3-4-6-12(11)14/h3-6,10,15H,7-9H2,1-2H3. The zero-order chi connectivity index (χ0) is 12.7. The summed E-state index contributed by atoms with van der Waals surface area (Å²) in [6, 6.07) is 6.74. The van der Waals surface area contributed by atoms with Crippen LogP contribution in [0.3, 0.4) is 0 Å². The monoisotopic (exact) mass is 239 g/mol. The third-order valence-electron chi connectivity index (χ3n) is 2.55. The summed E-state index contributed by atoms with van der Waals surface area (Å²) in [6.07, 6.45) is 0.936. The van der Waals surface area contributed by atoms with E-state index in [2.05, 4.69) is 10.1 Å². The van der Waals surface area contributed by atoms with Gasteiger partial charge in [0.05, 0.1) is 13.5 Å². The van der Waals surface area contributed by atoms with Gasteiger partial charge in [-0.1, -0.05) is 18.2 Å². The fourth-order valence-corrected chi connectivity index (χ4v) is 1.56. The molecule has 1 unspecified atom stereocenters. The molecule has 0 radical (unpaired) electrons. The zero-order valence-corrected chi connectivity index (χ0v) is 10.2. The second-order valence-electron chi connectivity index (χ2n) is 3.98. The number of methoxy groups -OCH3 is 1. The van der Waals surface area contributed by atoms with Crippen LogP contribution in [0.2, 0.25) is 0 Å². The predicted molar refractivity (Wildman–Crippen MR) is 64.2 cm³/mol. The van der Waals surface area contributed by atoms with Gasteiger partial charge >= 0.3 is 5.97 Å². The Morgan fingerprint density at radius 1 is 1.47 bits per heavy atom. The topological polar surface area (TPSA) is 38.3 Å². The largest absolute Gasteiger partial charge is 0.469 e. The van der Waals surface area contributed by atoms with Crippen molar-refractivity contribution in [3.63, 3.8) is 0 Å². The normalized spacial score (nSPS) is 12.2. The van der Waals surface area contributed by atoms with Crippen LogP contribution in [-0.4, -0.2) is 25.7 Å². The van der Waals surface area contributed by atoms with E-state index in [0.29, 0.717) is 24.9 Å². The third kappa shape index (κ3) is 4.95. The van der Waals surface area contributed by atoms with Crippen molar-refractivity contribution >= 4 is 5.97 Å². The highest BCUT2D eigenvalue weighted by Crippen LogP contribution is 2.06. The van der Waals surface area contributed by atoms with Gasteiger partial charge in [0.25, 0.3) is 0 Å². The molecule has 0 heterocycles.